The molecule has 0 aliphatic rings. The van der Waals surface area contributed by atoms with Gasteiger partial charge in [-0.15, -0.1) is 0 Å². The molecule has 4 nitrogen and oxygen atoms in total. The highest BCUT2D eigenvalue weighted by atomic mass is 35.5. The lowest BCUT2D eigenvalue weighted by molar-refractivity contribution is -0.120. The molecule has 0 bridgehead atoms. The van der Waals surface area contributed by atoms with Crippen LogP contribution in [0.1, 0.15) is 12.5 Å². The number of hydrogen-bond donors (Lipinski definition) is 1. The van der Waals surface area contributed by atoms with Crippen LogP contribution < -0.4 is 10.2 Å². The highest BCUT2D eigenvalue weighted by Crippen LogP contribution is 2.26. The fourth-order valence-corrected chi connectivity index (χ4v) is 2.29. The van der Waals surface area contributed by atoms with Crippen LogP contribution >= 0.6 is 11.6 Å². The van der Waals surface area contributed by atoms with E-state index >= 15 is 0 Å². The van der Waals surface area contributed by atoms with Gasteiger partial charge in [0.15, 0.2) is 0 Å². The summed E-state index contributed by atoms with van der Waals surface area (Å²) in [6, 6.07) is 14.4. The number of rotatable bonds is 4. The molecule has 0 atom stereocenters. The van der Waals surface area contributed by atoms with Gasteiger partial charge in [0.05, 0.1) is 0 Å². The van der Waals surface area contributed by atoms with Crippen LogP contribution in [0.5, 0.6) is 0 Å². The van der Waals surface area contributed by atoms with E-state index in [2.05, 4.69) is 5.32 Å². The molecular weight excluding hydrogens is 300 g/mol. The average Bonchev–Trinajstić information content (AvgIpc) is 2.49. The van der Waals surface area contributed by atoms with E-state index in [1.165, 1.54) is 11.8 Å². The Kier molecular flexibility index (Phi) is 5.17. The summed E-state index contributed by atoms with van der Waals surface area (Å²) in [5, 5.41) is 3.33. The minimum absolute atomic E-state index is 0.0641. The zero-order chi connectivity index (χ0) is 16.1. The molecule has 2 amide bonds. The fraction of sp³-hybridized carbons (Fsp3) is 0.176. The predicted octanol–water partition coefficient (Wildman–Crippen LogP) is 3.64. The Bertz CT molecular complexity index is 686. The van der Waals surface area contributed by atoms with Crippen LogP contribution in [0.15, 0.2) is 48.5 Å². The summed E-state index contributed by atoms with van der Waals surface area (Å²) < 4.78 is 0. The summed E-state index contributed by atoms with van der Waals surface area (Å²) in [6.07, 6.45) is 0. The van der Waals surface area contributed by atoms with E-state index in [0.29, 0.717) is 16.4 Å². The summed E-state index contributed by atoms with van der Waals surface area (Å²) in [5.74, 6) is -0.477. The van der Waals surface area contributed by atoms with Crippen molar-refractivity contribution in [2.24, 2.45) is 0 Å². The Hall–Kier alpha value is -2.33. The number of para-hydroxylation sites is 1. The molecular formula is C17H17ClN2O2. The zero-order valence-electron chi connectivity index (χ0n) is 12.5. The van der Waals surface area contributed by atoms with Gasteiger partial charge in [-0.2, -0.15) is 0 Å². The number of halogens is 1. The first kappa shape index (κ1) is 16.0. The second kappa shape index (κ2) is 7.09. The van der Waals surface area contributed by atoms with Gasteiger partial charge in [-0.25, -0.2) is 0 Å². The maximum absolute atomic E-state index is 12.2. The van der Waals surface area contributed by atoms with Crippen LogP contribution in [-0.2, 0) is 9.59 Å². The van der Waals surface area contributed by atoms with Gasteiger partial charge in [-0.3, -0.25) is 9.59 Å². The van der Waals surface area contributed by atoms with E-state index in [1.54, 1.807) is 30.3 Å². The second-order valence-electron chi connectivity index (χ2n) is 4.90. The highest BCUT2D eigenvalue weighted by molar-refractivity contribution is 6.31. The van der Waals surface area contributed by atoms with Gasteiger partial charge >= 0.3 is 0 Å². The van der Waals surface area contributed by atoms with E-state index in [1.807, 2.05) is 25.1 Å². The molecule has 114 valence electrons. The normalized spacial score (nSPS) is 10.1. The number of anilines is 2. The molecule has 2 rings (SSSR count). The Morgan fingerprint density at radius 1 is 1.09 bits per heavy atom. The number of benzene rings is 2. The molecule has 0 spiro atoms. The molecule has 0 saturated carbocycles. The quantitative estimate of drug-likeness (QED) is 0.936. The molecule has 5 heteroatoms. The lowest BCUT2D eigenvalue weighted by atomic mass is 10.1. The molecule has 0 unspecified atom stereocenters. The van der Waals surface area contributed by atoms with Crippen molar-refractivity contribution in [1.29, 1.82) is 0 Å². The predicted molar refractivity (Wildman–Crippen MR) is 89.3 cm³/mol. The maximum atomic E-state index is 12.2. The lowest BCUT2D eigenvalue weighted by Crippen LogP contribution is -2.37. The molecule has 0 aliphatic heterocycles. The summed E-state index contributed by atoms with van der Waals surface area (Å²) in [5.41, 5.74) is 2.11. The van der Waals surface area contributed by atoms with Crippen molar-refractivity contribution in [2.45, 2.75) is 13.8 Å². The summed E-state index contributed by atoms with van der Waals surface area (Å²) >= 11 is 6.09. The first-order valence-corrected chi connectivity index (χ1v) is 7.25. The zero-order valence-corrected chi connectivity index (χ0v) is 13.2. The monoisotopic (exact) mass is 316 g/mol. The molecule has 1 N–H and O–H groups in total. The van der Waals surface area contributed by atoms with E-state index in [9.17, 15) is 9.59 Å². The molecule has 0 fully saturated rings. The van der Waals surface area contributed by atoms with Gasteiger partial charge in [-0.05, 0) is 36.8 Å². The third kappa shape index (κ3) is 3.86. The molecule has 22 heavy (non-hydrogen) atoms. The van der Waals surface area contributed by atoms with Crippen molar-refractivity contribution in [3.8, 4) is 0 Å². The summed E-state index contributed by atoms with van der Waals surface area (Å²) in [6.45, 7) is 3.18. The Labute approximate surface area is 134 Å². The van der Waals surface area contributed by atoms with Crippen LogP contribution in [0.25, 0.3) is 0 Å². The van der Waals surface area contributed by atoms with Gasteiger partial charge in [0.1, 0.15) is 6.54 Å². The Morgan fingerprint density at radius 2 is 1.77 bits per heavy atom. The topological polar surface area (TPSA) is 49.4 Å². The molecule has 0 aliphatic carbocycles. The van der Waals surface area contributed by atoms with E-state index in [0.717, 1.165) is 5.56 Å². The first-order valence-electron chi connectivity index (χ1n) is 6.87. The Balaban J connectivity index is 2.17. The fourth-order valence-electron chi connectivity index (χ4n) is 2.12. The number of carbonyl (C=O) groups is 2. The maximum Gasteiger partial charge on any atom is 0.244 e. The average molecular weight is 317 g/mol. The number of hydrogen-bond acceptors (Lipinski definition) is 2. The third-order valence-electron chi connectivity index (χ3n) is 3.27. The van der Waals surface area contributed by atoms with Gasteiger partial charge in [-0.1, -0.05) is 35.9 Å². The summed E-state index contributed by atoms with van der Waals surface area (Å²) in [4.78, 5) is 25.5. The highest BCUT2D eigenvalue weighted by Gasteiger charge is 2.18. The molecule has 0 heterocycles. The van der Waals surface area contributed by atoms with E-state index < -0.39 is 0 Å². The van der Waals surface area contributed by atoms with Gasteiger partial charge < -0.3 is 10.2 Å². The lowest BCUT2D eigenvalue weighted by Gasteiger charge is -2.23. The smallest absolute Gasteiger partial charge is 0.244 e. The minimum Gasteiger partial charge on any atom is -0.325 e. The van der Waals surface area contributed by atoms with Crippen LogP contribution in [0.2, 0.25) is 5.02 Å². The van der Waals surface area contributed by atoms with Crippen molar-refractivity contribution >= 4 is 34.8 Å². The van der Waals surface area contributed by atoms with Crippen molar-refractivity contribution in [2.75, 3.05) is 16.8 Å². The number of nitrogens with one attached hydrogen (secondary N) is 1. The minimum atomic E-state index is -0.263. The second-order valence-corrected chi connectivity index (χ2v) is 5.31. The summed E-state index contributed by atoms with van der Waals surface area (Å²) in [7, 11) is 0. The van der Waals surface area contributed by atoms with Crippen molar-refractivity contribution in [3.63, 3.8) is 0 Å². The van der Waals surface area contributed by atoms with Gasteiger partial charge in [0.25, 0.3) is 0 Å². The van der Waals surface area contributed by atoms with Crippen molar-refractivity contribution in [1.82, 2.24) is 0 Å². The molecule has 2 aromatic carbocycles. The Morgan fingerprint density at radius 3 is 2.41 bits per heavy atom. The SMILES string of the molecule is CC(=O)N(CC(=O)Nc1ccccc1)c1cccc(Cl)c1C. The van der Waals surface area contributed by atoms with E-state index in [4.69, 9.17) is 11.6 Å². The van der Waals surface area contributed by atoms with Gasteiger partial charge in [0, 0.05) is 23.3 Å². The van der Waals surface area contributed by atoms with Crippen LogP contribution in [0.3, 0.4) is 0 Å². The molecule has 0 aromatic heterocycles. The third-order valence-corrected chi connectivity index (χ3v) is 3.68. The standard InChI is InChI=1S/C17H17ClN2O2/c1-12-15(18)9-6-10-16(12)20(13(2)21)11-17(22)19-14-7-4-3-5-8-14/h3-10H,11H2,1-2H3,(H,19,22). The number of amides is 2. The molecule has 0 radical (unpaired) electrons. The number of nitrogens with zero attached hydrogens (tertiary/aromatic N) is 1. The van der Waals surface area contributed by atoms with Crippen LogP contribution in [0.4, 0.5) is 11.4 Å². The van der Waals surface area contributed by atoms with Crippen LogP contribution in [-0.4, -0.2) is 18.4 Å². The molecule has 2 aromatic rings. The number of carbonyl (C=O) groups excluding carboxylic acids is 2. The van der Waals surface area contributed by atoms with Crippen LogP contribution in [0, 0.1) is 6.92 Å². The van der Waals surface area contributed by atoms with Crippen molar-refractivity contribution in [3.05, 3.63) is 59.1 Å². The first-order chi connectivity index (χ1) is 10.5. The largest absolute Gasteiger partial charge is 0.325 e. The molecule has 0 saturated heterocycles. The van der Waals surface area contributed by atoms with Gasteiger partial charge in [0.2, 0.25) is 11.8 Å². The van der Waals surface area contributed by atoms with E-state index in [-0.39, 0.29) is 18.4 Å². The van der Waals surface area contributed by atoms with Crippen molar-refractivity contribution < 1.29 is 9.59 Å².